The van der Waals surface area contributed by atoms with Crippen molar-refractivity contribution >= 4 is 21.0 Å². The lowest BCUT2D eigenvalue weighted by molar-refractivity contribution is -0.0479. The molecule has 1 aliphatic rings. The van der Waals surface area contributed by atoms with Gasteiger partial charge in [-0.1, -0.05) is 110 Å². The lowest BCUT2D eigenvalue weighted by Gasteiger charge is -2.35. The molecule has 2 aromatic carbocycles. The molecule has 232 valence electrons. The lowest BCUT2D eigenvalue weighted by atomic mass is 9.81. The zero-order chi connectivity index (χ0) is 32.1. The van der Waals surface area contributed by atoms with Gasteiger partial charge in [0.25, 0.3) is 5.66 Å². The molecule has 0 amide bonds. The van der Waals surface area contributed by atoms with Crippen LogP contribution in [0, 0.1) is 0 Å². The number of aliphatic imine (C=N–C) groups is 1. The molecule has 2 atom stereocenters. The Morgan fingerprint density at radius 1 is 0.976 bits per heavy atom. The van der Waals surface area contributed by atoms with Gasteiger partial charge in [-0.25, -0.2) is 8.78 Å². The highest BCUT2D eigenvalue weighted by atomic mass is 31.0. The highest BCUT2D eigenvalue weighted by Crippen LogP contribution is 2.41. The van der Waals surface area contributed by atoms with Gasteiger partial charge in [0.05, 0.1) is 11.3 Å². The summed E-state index contributed by atoms with van der Waals surface area (Å²) in [6, 6.07) is 14.4. The summed E-state index contributed by atoms with van der Waals surface area (Å²) in [5.74, 6) is -1.95. The maximum atomic E-state index is 13.4. The van der Waals surface area contributed by atoms with E-state index in [1.807, 2.05) is 13.0 Å². The summed E-state index contributed by atoms with van der Waals surface area (Å²) in [6.07, 6.45) is 5.70. The Hall–Kier alpha value is -2.52. The van der Waals surface area contributed by atoms with Gasteiger partial charge in [0.15, 0.2) is 0 Å². The van der Waals surface area contributed by atoms with Crippen molar-refractivity contribution in [2.75, 3.05) is 0 Å². The third kappa shape index (κ3) is 13.2. The van der Waals surface area contributed by atoms with Gasteiger partial charge in [0.1, 0.15) is 0 Å². The SMILES string of the molecule is C=C(C)C(=NC1(C)CCC(F)(F)CC1)c1ccc(C(F)(F)P)cc1.C=C(C)CCC.C=Cc1ccc(C(C)CC)cc1. The van der Waals surface area contributed by atoms with Gasteiger partial charge in [-0.3, -0.25) is 4.99 Å². The van der Waals surface area contributed by atoms with Crippen LogP contribution in [0.1, 0.15) is 115 Å². The highest BCUT2D eigenvalue weighted by molar-refractivity contribution is 7.17. The van der Waals surface area contributed by atoms with E-state index in [9.17, 15) is 17.6 Å². The Kier molecular flexibility index (Phi) is 15.1. The molecule has 1 aliphatic carbocycles. The van der Waals surface area contributed by atoms with Crippen molar-refractivity contribution in [3.63, 3.8) is 0 Å². The van der Waals surface area contributed by atoms with Crippen LogP contribution >= 0.6 is 9.24 Å². The van der Waals surface area contributed by atoms with E-state index in [-0.39, 0.29) is 18.4 Å². The monoisotopic (exact) mass is 603 g/mol. The zero-order valence-electron chi connectivity index (χ0n) is 26.4. The number of hydrogen-bond donors (Lipinski definition) is 0. The quantitative estimate of drug-likeness (QED) is 0.117. The maximum absolute atomic E-state index is 13.4. The van der Waals surface area contributed by atoms with Crippen molar-refractivity contribution in [2.24, 2.45) is 4.99 Å². The zero-order valence-corrected chi connectivity index (χ0v) is 27.5. The van der Waals surface area contributed by atoms with Gasteiger partial charge in [-0.2, -0.15) is 8.78 Å². The van der Waals surface area contributed by atoms with Gasteiger partial charge < -0.3 is 0 Å². The summed E-state index contributed by atoms with van der Waals surface area (Å²) in [5, 5.41) is 0. The largest absolute Gasteiger partial charge is 0.283 e. The summed E-state index contributed by atoms with van der Waals surface area (Å²) in [7, 11) is 1.50. The van der Waals surface area contributed by atoms with Crippen LogP contribution in [0.25, 0.3) is 6.08 Å². The molecular weight excluding hydrogens is 553 g/mol. The van der Waals surface area contributed by atoms with Crippen LogP contribution in [-0.4, -0.2) is 17.2 Å². The first-order valence-electron chi connectivity index (χ1n) is 14.7. The molecule has 0 aromatic heterocycles. The van der Waals surface area contributed by atoms with Gasteiger partial charge in [0.2, 0.25) is 5.92 Å². The Balaban J connectivity index is 0.000000405. The Bertz CT molecular complexity index is 1160. The molecule has 2 aromatic rings. The first-order chi connectivity index (χ1) is 19.5. The van der Waals surface area contributed by atoms with E-state index < -0.39 is 17.1 Å². The summed E-state index contributed by atoms with van der Waals surface area (Å²) in [4.78, 5) is 4.69. The summed E-state index contributed by atoms with van der Waals surface area (Å²) < 4.78 is 53.4. The molecule has 1 nitrogen and oxygen atoms in total. The number of allylic oxidation sites excluding steroid dienone is 2. The molecule has 0 N–H and O–H groups in total. The normalized spacial score (nSPS) is 16.6. The van der Waals surface area contributed by atoms with E-state index in [2.05, 4.69) is 76.7 Å². The van der Waals surface area contributed by atoms with Crippen LogP contribution in [0.4, 0.5) is 17.6 Å². The molecule has 0 radical (unpaired) electrons. The fourth-order valence-electron chi connectivity index (χ4n) is 4.42. The highest BCUT2D eigenvalue weighted by Gasteiger charge is 2.41. The van der Waals surface area contributed by atoms with E-state index in [0.29, 0.717) is 35.6 Å². The van der Waals surface area contributed by atoms with Crippen molar-refractivity contribution in [1.29, 1.82) is 0 Å². The molecule has 0 bridgehead atoms. The molecule has 3 rings (SSSR count). The number of alkyl halides is 4. The predicted molar refractivity (Wildman–Crippen MR) is 178 cm³/mol. The molecule has 1 fully saturated rings. The minimum absolute atomic E-state index is 0.110. The smallest absolute Gasteiger partial charge is 0.278 e. The van der Waals surface area contributed by atoms with Gasteiger partial charge in [-0.15, -0.1) is 6.58 Å². The molecule has 0 saturated heterocycles. The summed E-state index contributed by atoms with van der Waals surface area (Å²) >= 11 is 0. The van der Waals surface area contributed by atoms with Crippen LogP contribution < -0.4 is 0 Å². The molecule has 0 heterocycles. The number of hydrogen-bond acceptors (Lipinski definition) is 1. The van der Waals surface area contributed by atoms with Crippen molar-refractivity contribution in [2.45, 2.75) is 110 Å². The summed E-state index contributed by atoms with van der Waals surface area (Å²) in [6.45, 7) is 23.7. The van der Waals surface area contributed by atoms with Crippen molar-refractivity contribution in [3.05, 3.63) is 102 Å². The summed E-state index contributed by atoms with van der Waals surface area (Å²) in [5.41, 5.74) is 2.15. The topological polar surface area (TPSA) is 12.4 Å². The Morgan fingerprint density at radius 3 is 1.86 bits per heavy atom. The maximum Gasteiger partial charge on any atom is 0.283 e. The molecule has 0 spiro atoms. The molecule has 42 heavy (non-hydrogen) atoms. The van der Waals surface area contributed by atoms with Crippen molar-refractivity contribution < 1.29 is 17.6 Å². The Labute approximate surface area is 254 Å². The van der Waals surface area contributed by atoms with E-state index in [0.717, 1.165) is 0 Å². The minimum atomic E-state index is -2.99. The van der Waals surface area contributed by atoms with E-state index in [4.69, 9.17) is 0 Å². The van der Waals surface area contributed by atoms with Crippen LogP contribution in [0.15, 0.2) is 84.4 Å². The lowest BCUT2D eigenvalue weighted by Crippen LogP contribution is -2.35. The second-order valence-electron chi connectivity index (χ2n) is 11.7. The van der Waals surface area contributed by atoms with E-state index >= 15 is 0 Å². The average molecular weight is 604 g/mol. The first kappa shape index (κ1) is 37.5. The van der Waals surface area contributed by atoms with Crippen molar-refractivity contribution in [3.8, 4) is 0 Å². The third-order valence-corrected chi connectivity index (χ3v) is 7.75. The molecule has 1 saturated carbocycles. The average Bonchev–Trinajstić information content (AvgIpc) is 2.93. The first-order valence-corrected chi connectivity index (χ1v) is 15.3. The van der Waals surface area contributed by atoms with Gasteiger partial charge in [-0.05, 0) is 74.6 Å². The van der Waals surface area contributed by atoms with Crippen LogP contribution in [-0.2, 0) is 5.66 Å². The van der Waals surface area contributed by atoms with Gasteiger partial charge >= 0.3 is 0 Å². The van der Waals surface area contributed by atoms with Crippen LogP contribution in [0.3, 0.4) is 0 Å². The number of benzene rings is 2. The van der Waals surface area contributed by atoms with E-state index in [1.165, 1.54) is 57.3 Å². The second-order valence-corrected chi connectivity index (χ2v) is 12.4. The molecular formula is C36H50F4NP. The Morgan fingerprint density at radius 2 is 1.50 bits per heavy atom. The third-order valence-electron chi connectivity index (χ3n) is 7.42. The number of rotatable bonds is 9. The fourth-order valence-corrected chi connectivity index (χ4v) is 4.61. The molecule has 2 unspecified atom stereocenters. The predicted octanol–water partition coefficient (Wildman–Crippen LogP) is 12.1. The molecule has 0 aliphatic heterocycles. The minimum Gasteiger partial charge on any atom is -0.278 e. The van der Waals surface area contributed by atoms with E-state index in [1.54, 1.807) is 19.1 Å². The van der Waals surface area contributed by atoms with Gasteiger partial charge in [0, 0.05) is 18.4 Å². The van der Waals surface area contributed by atoms with Crippen LogP contribution in [0.2, 0.25) is 0 Å². The van der Waals surface area contributed by atoms with Crippen molar-refractivity contribution in [1.82, 2.24) is 0 Å². The van der Waals surface area contributed by atoms with Crippen LogP contribution in [0.5, 0.6) is 0 Å². The second kappa shape index (κ2) is 16.9. The standard InChI is InChI=1S/C18H22F4NP.C12H16.C6H12/c1-12(2)15(13-4-6-14(7-5-13)18(21,22)24)23-16(3)8-10-17(19,20)11-9-16;1-4-10(3)12-8-6-11(5-2)7-9-12;1-4-5-6(2)3/h4-7H,1,8-11,24H2,2-3H3;5-10H,2,4H2,1,3H3;2,4-5H2,1,3H3. The molecule has 6 heteroatoms. The number of nitrogens with zero attached hydrogens (tertiary/aromatic N) is 1. The fraction of sp³-hybridized carbons (Fsp3) is 0.472. The number of halogens is 4.